The zero-order valence-corrected chi connectivity index (χ0v) is 14.8. The van der Waals surface area contributed by atoms with E-state index in [0.29, 0.717) is 31.7 Å². The van der Waals surface area contributed by atoms with Gasteiger partial charge in [0.2, 0.25) is 0 Å². The van der Waals surface area contributed by atoms with E-state index >= 15 is 0 Å². The van der Waals surface area contributed by atoms with Gasteiger partial charge in [-0.2, -0.15) is 0 Å². The Balaban J connectivity index is 1.67. The second kappa shape index (κ2) is 7.32. The summed E-state index contributed by atoms with van der Waals surface area (Å²) in [6.07, 6.45) is 1.92. The highest BCUT2D eigenvalue weighted by Crippen LogP contribution is 2.23. The van der Waals surface area contributed by atoms with Crippen molar-refractivity contribution in [2.45, 2.75) is 38.9 Å². The number of likely N-dealkylation sites (tertiary alicyclic amines) is 1. The zero-order chi connectivity index (χ0) is 17.1. The first-order valence-electron chi connectivity index (χ1n) is 8.15. The Bertz CT molecular complexity index is 716. The van der Waals surface area contributed by atoms with Gasteiger partial charge in [0, 0.05) is 25.7 Å². The largest absolute Gasteiger partial charge is 0.486 e. The van der Waals surface area contributed by atoms with Crippen LogP contribution in [0.4, 0.5) is 0 Å². The number of rotatable bonds is 3. The summed E-state index contributed by atoms with van der Waals surface area (Å²) in [7, 11) is 0. The van der Waals surface area contributed by atoms with Crippen LogP contribution in [0.15, 0.2) is 29.8 Å². The van der Waals surface area contributed by atoms with Gasteiger partial charge in [0.25, 0.3) is 5.91 Å². The molecule has 5 nitrogen and oxygen atoms in total. The predicted octanol–water partition coefficient (Wildman–Crippen LogP) is 2.80. The van der Waals surface area contributed by atoms with Crippen LogP contribution in [0.25, 0.3) is 0 Å². The van der Waals surface area contributed by atoms with E-state index in [1.54, 1.807) is 6.20 Å². The number of aliphatic hydroxyl groups is 1. The van der Waals surface area contributed by atoms with Gasteiger partial charge in [0.15, 0.2) is 0 Å². The van der Waals surface area contributed by atoms with Gasteiger partial charge in [-0.05, 0) is 49.4 Å². The molecular formula is C18H22N2O3S. The lowest BCUT2D eigenvalue weighted by Gasteiger charge is -2.22. The summed E-state index contributed by atoms with van der Waals surface area (Å²) in [4.78, 5) is 19.4. The minimum Gasteiger partial charge on any atom is -0.486 e. The normalized spacial score (nSPS) is 21.4. The summed E-state index contributed by atoms with van der Waals surface area (Å²) >= 11 is 1.47. The summed E-state index contributed by atoms with van der Waals surface area (Å²) in [5.74, 6) is 0.730. The number of carbonyl (C=O) groups excluding carboxylic acids is 1. The number of amides is 1. The van der Waals surface area contributed by atoms with Crippen molar-refractivity contribution in [2.24, 2.45) is 0 Å². The molecule has 0 saturated carbocycles. The number of ether oxygens (including phenoxy) is 1. The first-order chi connectivity index (χ1) is 11.5. The van der Waals surface area contributed by atoms with Crippen molar-refractivity contribution < 1.29 is 14.6 Å². The number of aryl methyl sites for hydroxylation is 2. The number of aliphatic hydroxyl groups excluding tert-OH is 1. The van der Waals surface area contributed by atoms with Crippen molar-refractivity contribution >= 4 is 17.2 Å². The van der Waals surface area contributed by atoms with E-state index in [-0.39, 0.29) is 12.0 Å². The Hall–Kier alpha value is -1.92. The predicted molar refractivity (Wildman–Crippen MR) is 93.6 cm³/mol. The van der Waals surface area contributed by atoms with Crippen LogP contribution in [0.1, 0.15) is 33.8 Å². The first-order valence-corrected chi connectivity index (χ1v) is 9.03. The molecule has 1 fully saturated rings. The van der Waals surface area contributed by atoms with Gasteiger partial charge < -0.3 is 14.7 Å². The number of pyridine rings is 1. The number of hydrogen-bond donors (Lipinski definition) is 1. The fraction of sp³-hybridized carbons (Fsp3) is 0.444. The van der Waals surface area contributed by atoms with Crippen LogP contribution in [-0.4, -0.2) is 46.2 Å². The van der Waals surface area contributed by atoms with Gasteiger partial charge in [-0.3, -0.25) is 9.78 Å². The molecule has 3 rings (SSSR count). The topological polar surface area (TPSA) is 62.7 Å². The summed E-state index contributed by atoms with van der Waals surface area (Å²) < 4.78 is 5.97. The van der Waals surface area contributed by atoms with Crippen LogP contribution >= 0.6 is 11.3 Å². The fourth-order valence-electron chi connectivity index (χ4n) is 2.86. The molecular weight excluding hydrogens is 324 g/mol. The quantitative estimate of drug-likeness (QED) is 0.928. The molecule has 3 heterocycles. The first kappa shape index (κ1) is 16.9. The van der Waals surface area contributed by atoms with Crippen LogP contribution in [-0.2, 0) is 0 Å². The minimum absolute atomic E-state index is 0.0403. The molecule has 2 aromatic heterocycles. The van der Waals surface area contributed by atoms with E-state index in [2.05, 4.69) is 4.98 Å². The highest BCUT2D eigenvalue weighted by atomic mass is 32.1. The average Bonchev–Trinajstić information content (AvgIpc) is 2.92. The molecule has 128 valence electrons. The maximum absolute atomic E-state index is 12.6. The van der Waals surface area contributed by atoms with Crippen LogP contribution in [0.3, 0.4) is 0 Å². The Kier molecular flexibility index (Phi) is 5.16. The van der Waals surface area contributed by atoms with Gasteiger partial charge in [-0.15, -0.1) is 11.3 Å². The Morgan fingerprint density at radius 1 is 1.38 bits per heavy atom. The van der Waals surface area contributed by atoms with Crippen molar-refractivity contribution in [3.05, 3.63) is 45.9 Å². The third-order valence-corrected chi connectivity index (χ3v) is 5.31. The lowest BCUT2D eigenvalue weighted by molar-refractivity contribution is 0.0343. The summed E-state index contributed by atoms with van der Waals surface area (Å²) in [6, 6.07) is 5.60. The molecule has 2 atom stereocenters. The lowest BCUT2D eigenvalue weighted by Crippen LogP contribution is -2.32. The number of aromatic nitrogens is 1. The Morgan fingerprint density at radius 3 is 2.88 bits per heavy atom. The molecule has 24 heavy (non-hydrogen) atoms. The number of hydrogen-bond acceptors (Lipinski definition) is 5. The summed E-state index contributed by atoms with van der Waals surface area (Å²) in [5, 5.41) is 12.4. The van der Waals surface area contributed by atoms with E-state index < -0.39 is 6.10 Å². The molecule has 1 N–H and O–H groups in total. The van der Waals surface area contributed by atoms with Crippen molar-refractivity contribution in [2.75, 3.05) is 13.1 Å². The number of nitrogens with zero attached hydrogens (tertiary/aromatic N) is 2. The highest BCUT2D eigenvalue weighted by molar-refractivity contribution is 7.12. The smallest absolute Gasteiger partial charge is 0.263 e. The van der Waals surface area contributed by atoms with Crippen LogP contribution in [0.5, 0.6) is 5.75 Å². The summed E-state index contributed by atoms with van der Waals surface area (Å²) in [5.41, 5.74) is 1.91. The highest BCUT2D eigenvalue weighted by Gasteiger charge is 2.29. The van der Waals surface area contributed by atoms with Gasteiger partial charge in [-0.25, -0.2) is 0 Å². The standard InChI is InChI=1S/C18H22N2O3S/c1-12-10-17(24-11-12)18(22)20-8-5-14(21)16(6-9-20)23-15-4-3-7-19-13(15)2/h3-4,7,10-11,14,16,21H,5-6,8-9H2,1-2H3/t14-,16-/m0/s1. The molecule has 1 amide bonds. The Morgan fingerprint density at radius 2 is 2.17 bits per heavy atom. The fourth-order valence-corrected chi connectivity index (χ4v) is 3.72. The Labute approximate surface area is 145 Å². The van der Waals surface area contributed by atoms with Crippen molar-refractivity contribution in [1.29, 1.82) is 0 Å². The lowest BCUT2D eigenvalue weighted by atomic mass is 10.1. The molecule has 0 aliphatic carbocycles. The van der Waals surface area contributed by atoms with Gasteiger partial charge >= 0.3 is 0 Å². The van der Waals surface area contributed by atoms with E-state index in [0.717, 1.165) is 16.1 Å². The second-order valence-electron chi connectivity index (χ2n) is 6.17. The molecule has 2 aromatic rings. The second-order valence-corrected chi connectivity index (χ2v) is 7.08. The van der Waals surface area contributed by atoms with Gasteiger partial charge in [0.05, 0.1) is 16.7 Å². The average molecular weight is 346 g/mol. The molecule has 0 aromatic carbocycles. The van der Waals surface area contributed by atoms with Crippen molar-refractivity contribution in [1.82, 2.24) is 9.88 Å². The molecule has 0 bridgehead atoms. The van der Waals surface area contributed by atoms with Crippen LogP contribution < -0.4 is 4.74 Å². The molecule has 0 unspecified atom stereocenters. The van der Waals surface area contributed by atoms with Gasteiger partial charge in [-0.1, -0.05) is 0 Å². The molecule has 6 heteroatoms. The van der Waals surface area contributed by atoms with Crippen LogP contribution in [0.2, 0.25) is 0 Å². The summed E-state index contributed by atoms with van der Waals surface area (Å²) in [6.45, 7) is 4.99. The van der Waals surface area contributed by atoms with E-state index in [4.69, 9.17) is 4.74 Å². The van der Waals surface area contributed by atoms with E-state index in [1.165, 1.54) is 11.3 Å². The molecule has 1 saturated heterocycles. The third-order valence-electron chi connectivity index (χ3n) is 4.27. The van der Waals surface area contributed by atoms with E-state index in [9.17, 15) is 9.90 Å². The zero-order valence-electron chi connectivity index (χ0n) is 13.9. The maximum Gasteiger partial charge on any atom is 0.263 e. The van der Waals surface area contributed by atoms with Crippen LogP contribution in [0, 0.1) is 13.8 Å². The number of thiophene rings is 1. The number of carbonyl (C=O) groups is 1. The molecule has 0 radical (unpaired) electrons. The van der Waals surface area contributed by atoms with Gasteiger partial charge in [0.1, 0.15) is 11.9 Å². The molecule has 1 aliphatic rings. The maximum atomic E-state index is 12.6. The van der Waals surface area contributed by atoms with Crippen molar-refractivity contribution in [3.63, 3.8) is 0 Å². The molecule has 1 aliphatic heterocycles. The van der Waals surface area contributed by atoms with Crippen molar-refractivity contribution in [3.8, 4) is 5.75 Å². The molecule has 0 spiro atoms. The third kappa shape index (κ3) is 3.76. The SMILES string of the molecule is Cc1csc(C(=O)N2CC[C@H](Oc3cccnc3C)[C@@H](O)CC2)c1. The minimum atomic E-state index is -0.590. The van der Waals surface area contributed by atoms with E-state index in [1.807, 2.05) is 42.3 Å². The monoisotopic (exact) mass is 346 g/mol.